The van der Waals surface area contributed by atoms with Crippen LogP contribution in [0.5, 0.6) is 0 Å². The lowest BCUT2D eigenvalue weighted by Crippen LogP contribution is -2.25. The van der Waals surface area contributed by atoms with Gasteiger partial charge in [0.25, 0.3) is 0 Å². The highest BCUT2D eigenvalue weighted by atomic mass is 16.6. The molecule has 0 aromatic rings. The van der Waals surface area contributed by atoms with Gasteiger partial charge in [0.15, 0.2) is 0 Å². The van der Waals surface area contributed by atoms with E-state index in [2.05, 4.69) is 6.92 Å². The zero-order valence-corrected chi connectivity index (χ0v) is 8.61. The Labute approximate surface area is 84.8 Å². The minimum Gasteiger partial charge on any atom is -0.452 e. The fraction of sp³-hybridized carbons (Fsp3) is 0.727. The molecule has 1 aliphatic rings. The average Bonchev–Trinajstić information content (AvgIpc) is 2.59. The van der Waals surface area contributed by atoms with Gasteiger partial charge in [0.2, 0.25) is 0 Å². The third-order valence-corrected chi connectivity index (χ3v) is 2.41. The number of aliphatic hydroxyl groups excluding tert-OH is 1. The molecule has 1 N–H and O–H groups in total. The van der Waals surface area contributed by atoms with Crippen LogP contribution in [0.4, 0.5) is 0 Å². The molecule has 80 valence electrons. The highest BCUT2D eigenvalue weighted by Crippen LogP contribution is 2.15. The highest BCUT2D eigenvalue weighted by molar-refractivity contribution is 5.84. The first kappa shape index (κ1) is 11.2. The van der Waals surface area contributed by atoms with E-state index in [9.17, 15) is 9.90 Å². The third kappa shape index (κ3) is 3.50. The van der Waals surface area contributed by atoms with E-state index in [1.165, 1.54) is 18.9 Å². The van der Waals surface area contributed by atoms with Gasteiger partial charge < -0.3 is 9.84 Å². The number of hydrogen-bond donors (Lipinski definition) is 1. The van der Waals surface area contributed by atoms with Crippen molar-refractivity contribution < 1.29 is 14.6 Å². The van der Waals surface area contributed by atoms with Gasteiger partial charge in [-0.2, -0.15) is 0 Å². The normalized spacial score (nSPS) is 22.4. The lowest BCUT2D eigenvalue weighted by atomic mass is 10.1. The lowest BCUT2D eigenvalue weighted by molar-refractivity contribution is -0.142. The molecule has 2 atom stereocenters. The molecule has 14 heavy (non-hydrogen) atoms. The zero-order valence-electron chi connectivity index (χ0n) is 8.61. The Morgan fingerprint density at radius 1 is 1.50 bits per heavy atom. The summed E-state index contributed by atoms with van der Waals surface area (Å²) in [5, 5.41) is 9.64. The van der Waals surface area contributed by atoms with E-state index in [-0.39, 0.29) is 5.97 Å². The average molecular weight is 198 g/mol. The topological polar surface area (TPSA) is 46.5 Å². The van der Waals surface area contributed by atoms with Crippen molar-refractivity contribution in [2.24, 2.45) is 0 Å². The van der Waals surface area contributed by atoms with Gasteiger partial charge in [-0.15, -0.1) is 0 Å². The summed E-state index contributed by atoms with van der Waals surface area (Å²) in [6.07, 6.45) is 7.30. The molecule has 1 rings (SSSR count). The smallest absolute Gasteiger partial charge is 0.331 e. The summed E-state index contributed by atoms with van der Waals surface area (Å²) in [4.78, 5) is 10.7. The second kappa shape index (κ2) is 5.81. The predicted octanol–water partition coefficient (Wildman–Crippen LogP) is 1.80. The summed E-state index contributed by atoms with van der Waals surface area (Å²) in [5.41, 5.74) is 0. The number of esters is 1. The largest absolute Gasteiger partial charge is 0.452 e. The van der Waals surface area contributed by atoms with Gasteiger partial charge in [-0.05, 0) is 12.5 Å². The number of rotatable bonds is 6. The molecule has 0 saturated carbocycles. The zero-order chi connectivity index (χ0) is 10.4. The van der Waals surface area contributed by atoms with Crippen LogP contribution in [0.2, 0.25) is 0 Å². The molecule has 0 spiro atoms. The molecule has 0 radical (unpaired) electrons. The van der Waals surface area contributed by atoms with Gasteiger partial charge in [-0.25, -0.2) is 4.79 Å². The van der Waals surface area contributed by atoms with E-state index in [1.54, 1.807) is 6.08 Å². The van der Waals surface area contributed by atoms with Crippen molar-refractivity contribution >= 4 is 5.97 Å². The molecule has 0 aliphatic carbocycles. The van der Waals surface area contributed by atoms with Crippen LogP contribution >= 0.6 is 0 Å². The fourth-order valence-electron chi connectivity index (χ4n) is 1.54. The molecule has 0 aromatic heterocycles. The standard InChI is InChI=1S/C11H18O3/c1-2-3-4-5-6-9(12)10-7-8-11(13)14-10/h7-10,12H,2-6H2,1H3/t9-,10+/m0/s1. The second-order valence-electron chi connectivity index (χ2n) is 3.68. The summed E-state index contributed by atoms with van der Waals surface area (Å²) in [6.45, 7) is 2.15. The summed E-state index contributed by atoms with van der Waals surface area (Å²) in [5.74, 6) is -0.345. The van der Waals surface area contributed by atoms with Gasteiger partial charge in [-0.1, -0.05) is 32.6 Å². The number of unbranched alkanes of at least 4 members (excludes halogenated alkanes) is 3. The van der Waals surface area contributed by atoms with Crippen LogP contribution in [-0.2, 0) is 9.53 Å². The molecule has 1 aliphatic heterocycles. The number of aliphatic hydroxyl groups is 1. The molecule has 0 saturated heterocycles. The van der Waals surface area contributed by atoms with Crippen molar-refractivity contribution in [2.45, 2.75) is 51.2 Å². The maximum atomic E-state index is 10.7. The predicted molar refractivity (Wildman–Crippen MR) is 53.8 cm³/mol. The van der Waals surface area contributed by atoms with Crippen molar-refractivity contribution in [3.63, 3.8) is 0 Å². The SMILES string of the molecule is CCCCCC[C@H](O)[C@H]1C=CC(=O)O1. The lowest BCUT2D eigenvalue weighted by Gasteiger charge is -2.15. The number of carbonyl (C=O) groups excluding carboxylic acids is 1. The van der Waals surface area contributed by atoms with Crippen LogP contribution in [0.3, 0.4) is 0 Å². The minimum absolute atomic E-state index is 0.345. The first-order valence-corrected chi connectivity index (χ1v) is 5.31. The molecule has 0 aromatic carbocycles. The number of hydrogen-bond acceptors (Lipinski definition) is 3. The molecule has 0 amide bonds. The minimum atomic E-state index is -0.533. The van der Waals surface area contributed by atoms with Crippen molar-refractivity contribution in [3.05, 3.63) is 12.2 Å². The van der Waals surface area contributed by atoms with Crippen LogP contribution in [-0.4, -0.2) is 23.3 Å². The molecule has 3 nitrogen and oxygen atoms in total. The van der Waals surface area contributed by atoms with Crippen molar-refractivity contribution in [3.8, 4) is 0 Å². The highest BCUT2D eigenvalue weighted by Gasteiger charge is 2.23. The monoisotopic (exact) mass is 198 g/mol. The molecule has 3 heteroatoms. The molecule has 1 heterocycles. The number of cyclic esters (lactones) is 1. The van der Waals surface area contributed by atoms with Crippen LogP contribution in [0.1, 0.15) is 39.0 Å². The second-order valence-corrected chi connectivity index (χ2v) is 3.68. The van der Waals surface area contributed by atoms with Crippen LogP contribution in [0, 0.1) is 0 Å². The number of carbonyl (C=O) groups is 1. The first-order chi connectivity index (χ1) is 6.74. The van der Waals surface area contributed by atoms with E-state index >= 15 is 0 Å². The van der Waals surface area contributed by atoms with E-state index in [1.807, 2.05) is 0 Å². The van der Waals surface area contributed by atoms with Crippen LogP contribution < -0.4 is 0 Å². The van der Waals surface area contributed by atoms with E-state index in [0.717, 1.165) is 12.8 Å². The van der Waals surface area contributed by atoms with Gasteiger partial charge in [-0.3, -0.25) is 0 Å². The maximum absolute atomic E-state index is 10.7. The van der Waals surface area contributed by atoms with E-state index in [0.29, 0.717) is 6.42 Å². The fourth-order valence-corrected chi connectivity index (χ4v) is 1.54. The van der Waals surface area contributed by atoms with E-state index < -0.39 is 12.2 Å². The summed E-state index contributed by atoms with van der Waals surface area (Å²) < 4.78 is 4.88. The summed E-state index contributed by atoms with van der Waals surface area (Å²) >= 11 is 0. The Balaban J connectivity index is 2.12. The molecule has 0 bridgehead atoms. The summed E-state index contributed by atoms with van der Waals surface area (Å²) in [6, 6.07) is 0. The Kier molecular flexibility index (Phi) is 4.66. The van der Waals surface area contributed by atoms with Crippen molar-refractivity contribution in [1.82, 2.24) is 0 Å². The van der Waals surface area contributed by atoms with Crippen molar-refractivity contribution in [1.29, 1.82) is 0 Å². The first-order valence-electron chi connectivity index (χ1n) is 5.31. The van der Waals surface area contributed by atoms with Gasteiger partial charge >= 0.3 is 5.97 Å². The summed E-state index contributed by atoms with van der Waals surface area (Å²) in [7, 11) is 0. The maximum Gasteiger partial charge on any atom is 0.331 e. The molecule has 0 fully saturated rings. The van der Waals surface area contributed by atoms with Crippen LogP contribution in [0.25, 0.3) is 0 Å². The van der Waals surface area contributed by atoms with Crippen molar-refractivity contribution in [2.75, 3.05) is 0 Å². The Bertz CT molecular complexity index is 211. The third-order valence-electron chi connectivity index (χ3n) is 2.41. The van der Waals surface area contributed by atoms with Gasteiger partial charge in [0.05, 0.1) is 6.10 Å². The molecular weight excluding hydrogens is 180 g/mol. The van der Waals surface area contributed by atoms with E-state index in [4.69, 9.17) is 4.74 Å². The molecular formula is C11H18O3. The van der Waals surface area contributed by atoms with Gasteiger partial charge in [0, 0.05) is 6.08 Å². The van der Waals surface area contributed by atoms with Crippen LogP contribution in [0.15, 0.2) is 12.2 Å². The number of ether oxygens (including phenoxy) is 1. The van der Waals surface area contributed by atoms with Gasteiger partial charge in [0.1, 0.15) is 6.10 Å². The molecule has 0 unspecified atom stereocenters. The Morgan fingerprint density at radius 3 is 2.86 bits per heavy atom. The Morgan fingerprint density at radius 2 is 2.29 bits per heavy atom. The quantitative estimate of drug-likeness (QED) is 0.523. The Hall–Kier alpha value is -0.830.